The van der Waals surface area contributed by atoms with Crippen LogP contribution in [-0.2, 0) is 9.59 Å². The van der Waals surface area contributed by atoms with Gasteiger partial charge in [0.2, 0.25) is 11.8 Å². The fourth-order valence-corrected chi connectivity index (χ4v) is 3.95. The molecule has 0 spiro atoms. The van der Waals surface area contributed by atoms with Gasteiger partial charge in [0, 0.05) is 24.3 Å². The number of halogens is 3. The Hall–Kier alpha value is -0.920. The standard InChI is InChI=1S/C14H21F3N2O2S/c1-22-11-4-2-3-10(6-11)18-13(21)9-5-12(20)19(7-9)8-14(15,16)17/h9-11H,2-8H2,1H3,(H,18,21). The number of nitrogens with one attached hydrogen (secondary N) is 1. The lowest BCUT2D eigenvalue weighted by Gasteiger charge is -2.29. The van der Waals surface area contributed by atoms with Crippen molar-refractivity contribution in [2.45, 2.75) is 49.6 Å². The molecule has 1 saturated heterocycles. The van der Waals surface area contributed by atoms with Crippen molar-refractivity contribution in [3.05, 3.63) is 0 Å². The number of alkyl halides is 3. The molecule has 22 heavy (non-hydrogen) atoms. The van der Waals surface area contributed by atoms with Crippen molar-refractivity contribution < 1.29 is 22.8 Å². The number of hydrogen-bond donors (Lipinski definition) is 1. The summed E-state index contributed by atoms with van der Waals surface area (Å²) in [5.41, 5.74) is 0. The molecule has 1 N–H and O–H groups in total. The zero-order valence-corrected chi connectivity index (χ0v) is 13.3. The number of nitrogens with zero attached hydrogens (tertiary/aromatic N) is 1. The summed E-state index contributed by atoms with van der Waals surface area (Å²) in [4.78, 5) is 24.5. The summed E-state index contributed by atoms with van der Waals surface area (Å²) in [6.45, 7) is -1.41. The molecule has 2 amide bonds. The number of carbonyl (C=O) groups is 2. The number of likely N-dealkylation sites (tertiary alicyclic amines) is 1. The van der Waals surface area contributed by atoms with Gasteiger partial charge in [-0.05, 0) is 25.5 Å². The van der Waals surface area contributed by atoms with Crippen LogP contribution in [0.25, 0.3) is 0 Å². The van der Waals surface area contributed by atoms with Crippen molar-refractivity contribution in [3.8, 4) is 0 Å². The summed E-state index contributed by atoms with van der Waals surface area (Å²) in [5, 5.41) is 3.44. The zero-order chi connectivity index (χ0) is 16.3. The molecule has 126 valence electrons. The van der Waals surface area contributed by atoms with Crippen LogP contribution < -0.4 is 5.32 Å². The van der Waals surface area contributed by atoms with Crippen molar-refractivity contribution >= 4 is 23.6 Å². The summed E-state index contributed by atoms with van der Waals surface area (Å²) in [6, 6.07) is 0.0745. The molecule has 0 aromatic heterocycles. The molecule has 1 heterocycles. The monoisotopic (exact) mass is 338 g/mol. The first-order chi connectivity index (χ1) is 10.3. The number of amides is 2. The SMILES string of the molecule is CSC1CCCC(NC(=O)C2CC(=O)N(CC(F)(F)F)C2)C1. The minimum atomic E-state index is -4.42. The fraction of sp³-hybridized carbons (Fsp3) is 0.857. The Morgan fingerprint density at radius 2 is 2.14 bits per heavy atom. The van der Waals surface area contributed by atoms with E-state index in [2.05, 4.69) is 5.32 Å². The molecular weight excluding hydrogens is 317 g/mol. The minimum Gasteiger partial charge on any atom is -0.353 e. The quantitative estimate of drug-likeness (QED) is 0.855. The van der Waals surface area contributed by atoms with E-state index in [4.69, 9.17) is 0 Å². The van der Waals surface area contributed by atoms with Gasteiger partial charge >= 0.3 is 6.18 Å². The first-order valence-electron chi connectivity index (χ1n) is 7.46. The van der Waals surface area contributed by atoms with Crippen molar-refractivity contribution in [3.63, 3.8) is 0 Å². The van der Waals surface area contributed by atoms with Crippen LogP contribution in [0, 0.1) is 5.92 Å². The van der Waals surface area contributed by atoms with E-state index in [0.29, 0.717) is 5.25 Å². The smallest absolute Gasteiger partial charge is 0.353 e. The molecule has 2 aliphatic rings. The summed E-state index contributed by atoms with van der Waals surface area (Å²) >= 11 is 1.78. The van der Waals surface area contributed by atoms with Crippen LogP contribution in [0.5, 0.6) is 0 Å². The third kappa shape index (κ3) is 4.79. The van der Waals surface area contributed by atoms with E-state index in [1.165, 1.54) is 0 Å². The van der Waals surface area contributed by atoms with Crippen LogP contribution in [0.4, 0.5) is 13.2 Å². The molecular formula is C14H21F3N2O2S. The Morgan fingerprint density at radius 1 is 1.41 bits per heavy atom. The molecule has 3 unspecified atom stereocenters. The van der Waals surface area contributed by atoms with Gasteiger partial charge in [0.25, 0.3) is 0 Å². The number of rotatable bonds is 4. The molecule has 3 atom stereocenters. The predicted molar refractivity (Wildman–Crippen MR) is 78.4 cm³/mol. The average molecular weight is 338 g/mol. The first kappa shape index (κ1) is 17.4. The fourth-order valence-electron chi connectivity index (χ4n) is 3.13. The molecule has 2 rings (SSSR count). The van der Waals surface area contributed by atoms with Gasteiger partial charge in [-0.25, -0.2) is 0 Å². The Bertz CT molecular complexity index is 431. The molecule has 1 aliphatic carbocycles. The summed E-state index contributed by atoms with van der Waals surface area (Å²) in [5.74, 6) is -1.54. The van der Waals surface area contributed by atoms with Crippen molar-refractivity contribution in [1.29, 1.82) is 0 Å². The second-order valence-corrected chi connectivity index (χ2v) is 7.16. The summed E-state index contributed by atoms with van der Waals surface area (Å²) in [7, 11) is 0. The third-order valence-corrected chi connectivity index (χ3v) is 5.36. The Labute approximate surface area is 132 Å². The highest BCUT2D eigenvalue weighted by Gasteiger charge is 2.41. The zero-order valence-electron chi connectivity index (χ0n) is 12.5. The van der Waals surface area contributed by atoms with Gasteiger partial charge < -0.3 is 10.2 Å². The van der Waals surface area contributed by atoms with E-state index in [1.807, 2.05) is 6.26 Å². The maximum absolute atomic E-state index is 12.4. The number of thioether (sulfide) groups is 1. The highest BCUT2D eigenvalue weighted by Crippen LogP contribution is 2.28. The van der Waals surface area contributed by atoms with E-state index in [0.717, 1.165) is 30.6 Å². The van der Waals surface area contributed by atoms with Crippen molar-refractivity contribution in [2.75, 3.05) is 19.3 Å². The second kappa shape index (κ2) is 7.10. The average Bonchev–Trinajstić information content (AvgIpc) is 2.78. The van der Waals surface area contributed by atoms with Gasteiger partial charge in [-0.1, -0.05) is 6.42 Å². The van der Waals surface area contributed by atoms with Gasteiger partial charge in [0.1, 0.15) is 6.54 Å². The van der Waals surface area contributed by atoms with E-state index >= 15 is 0 Å². The van der Waals surface area contributed by atoms with E-state index in [9.17, 15) is 22.8 Å². The summed E-state index contributed by atoms with van der Waals surface area (Å²) < 4.78 is 37.1. The Balaban J connectivity index is 1.84. The van der Waals surface area contributed by atoms with Gasteiger partial charge in [0.05, 0.1) is 5.92 Å². The molecule has 0 aromatic rings. The molecule has 4 nitrogen and oxygen atoms in total. The van der Waals surface area contributed by atoms with Crippen molar-refractivity contribution in [2.24, 2.45) is 5.92 Å². The maximum atomic E-state index is 12.4. The maximum Gasteiger partial charge on any atom is 0.406 e. The Kier molecular flexibility index (Phi) is 5.63. The molecule has 0 radical (unpaired) electrons. The topological polar surface area (TPSA) is 49.4 Å². The lowest BCUT2D eigenvalue weighted by atomic mass is 9.94. The van der Waals surface area contributed by atoms with E-state index in [1.54, 1.807) is 11.8 Å². The Morgan fingerprint density at radius 3 is 2.77 bits per heavy atom. The van der Waals surface area contributed by atoms with Gasteiger partial charge in [-0.2, -0.15) is 24.9 Å². The normalized spacial score (nSPS) is 29.7. The lowest BCUT2D eigenvalue weighted by Crippen LogP contribution is -2.43. The molecule has 8 heteroatoms. The van der Waals surface area contributed by atoms with Crippen LogP contribution in [0.3, 0.4) is 0 Å². The van der Waals surface area contributed by atoms with E-state index < -0.39 is 24.5 Å². The van der Waals surface area contributed by atoms with Crippen LogP contribution >= 0.6 is 11.8 Å². The highest BCUT2D eigenvalue weighted by atomic mass is 32.2. The molecule has 0 bridgehead atoms. The van der Waals surface area contributed by atoms with Gasteiger partial charge in [-0.3, -0.25) is 9.59 Å². The van der Waals surface area contributed by atoms with E-state index in [-0.39, 0.29) is 24.9 Å². The van der Waals surface area contributed by atoms with Gasteiger partial charge in [-0.15, -0.1) is 0 Å². The minimum absolute atomic E-state index is 0.0745. The second-order valence-electron chi connectivity index (χ2n) is 6.02. The first-order valence-corrected chi connectivity index (χ1v) is 8.75. The van der Waals surface area contributed by atoms with Gasteiger partial charge in [0.15, 0.2) is 0 Å². The summed E-state index contributed by atoms with van der Waals surface area (Å²) in [6.07, 6.45) is 1.46. The van der Waals surface area contributed by atoms with Crippen LogP contribution in [0.2, 0.25) is 0 Å². The number of carbonyl (C=O) groups excluding carboxylic acids is 2. The molecule has 0 aromatic carbocycles. The van der Waals surface area contributed by atoms with Crippen LogP contribution in [0.1, 0.15) is 32.1 Å². The number of hydrogen-bond acceptors (Lipinski definition) is 3. The molecule has 2 fully saturated rings. The van der Waals surface area contributed by atoms with Crippen LogP contribution in [-0.4, -0.2) is 53.5 Å². The molecule has 1 aliphatic heterocycles. The van der Waals surface area contributed by atoms with Crippen molar-refractivity contribution in [1.82, 2.24) is 10.2 Å². The lowest BCUT2D eigenvalue weighted by molar-refractivity contribution is -0.157. The predicted octanol–water partition coefficient (Wildman–Crippen LogP) is 2.19. The van der Waals surface area contributed by atoms with Crippen LogP contribution in [0.15, 0.2) is 0 Å². The largest absolute Gasteiger partial charge is 0.406 e. The highest BCUT2D eigenvalue weighted by molar-refractivity contribution is 7.99. The molecule has 1 saturated carbocycles. The third-order valence-electron chi connectivity index (χ3n) is 4.26.